The molecular formula is C16H31ClN4O2. The Morgan fingerprint density at radius 1 is 0.957 bits per heavy atom. The van der Waals surface area contributed by atoms with Gasteiger partial charge in [-0.3, -0.25) is 14.5 Å². The van der Waals surface area contributed by atoms with E-state index in [0.29, 0.717) is 19.6 Å². The molecule has 2 amide bonds. The Morgan fingerprint density at radius 3 is 2.13 bits per heavy atom. The van der Waals surface area contributed by atoms with Crippen LogP contribution in [-0.2, 0) is 9.59 Å². The van der Waals surface area contributed by atoms with Crippen LogP contribution in [-0.4, -0.2) is 78.4 Å². The third-order valence-corrected chi connectivity index (χ3v) is 4.67. The van der Waals surface area contributed by atoms with Crippen molar-refractivity contribution >= 4 is 24.2 Å². The number of nitrogens with zero attached hydrogens (tertiary/aromatic N) is 3. The van der Waals surface area contributed by atoms with Crippen LogP contribution in [0.3, 0.4) is 0 Å². The van der Waals surface area contributed by atoms with Gasteiger partial charge < -0.3 is 15.5 Å². The molecule has 0 radical (unpaired) electrons. The fraction of sp³-hybridized carbons (Fsp3) is 0.875. The first-order valence-electron chi connectivity index (χ1n) is 8.66. The van der Waals surface area contributed by atoms with Crippen molar-refractivity contribution in [1.82, 2.24) is 14.7 Å². The summed E-state index contributed by atoms with van der Waals surface area (Å²) in [4.78, 5) is 30.4. The lowest BCUT2D eigenvalue weighted by Gasteiger charge is -2.36. The third-order valence-electron chi connectivity index (χ3n) is 4.67. The quantitative estimate of drug-likeness (QED) is 0.795. The maximum absolute atomic E-state index is 12.3. The summed E-state index contributed by atoms with van der Waals surface area (Å²) >= 11 is 0. The highest BCUT2D eigenvalue weighted by Gasteiger charge is 2.26. The minimum Gasteiger partial charge on any atom is -0.342 e. The number of piperidine rings is 1. The number of piperazine rings is 1. The van der Waals surface area contributed by atoms with Crippen molar-refractivity contribution in [1.29, 1.82) is 0 Å². The van der Waals surface area contributed by atoms with E-state index in [0.717, 1.165) is 51.9 Å². The lowest BCUT2D eigenvalue weighted by molar-refractivity contribution is -0.136. The molecule has 1 unspecified atom stereocenters. The maximum atomic E-state index is 12.3. The molecule has 2 aliphatic rings. The summed E-state index contributed by atoms with van der Waals surface area (Å²) in [5.74, 6) is 0.297. The van der Waals surface area contributed by atoms with Crippen LogP contribution in [0.1, 0.15) is 39.0 Å². The van der Waals surface area contributed by atoms with Gasteiger partial charge in [0.25, 0.3) is 0 Å². The van der Waals surface area contributed by atoms with Crippen LogP contribution in [0.25, 0.3) is 0 Å². The Morgan fingerprint density at radius 2 is 1.57 bits per heavy atom. The van der Waals surface area contributed by atoms with E-state index in [1.165, 1.54) is 6.42 Å². The highest BCUT2D eigenvalue weighted by molar-refractivity contribution is 5.85. The van der Waals surface area contributed by atoms with Gasteiger partial charge >= 0.3 is 0 Å². The summed E-state index contributed by atoms with van der Waals surface area (Å²) in [7, 11) is 0. The molecule has 0 bridgehead atoms. The summed E-state index contributed by atoms with van der Waals surface area (Å²) in [6.45, 7) is 7.24. The topological polar surface area (TPSA) is 69.9 Å². The van der Waals surface area contributed by atoms with Gasteiger partial charge in [0, 0.05) is 39.3 Å². The van der Waals surface area contributed by atoms with Gasteiger partial charge in [0.05, 0.1) is 12.6 Å². The largest absolute Gasteiger partial charge is 0.342 e. The molecule has 6 nitrogen and oxygen atoms in total. The molecular weight excluding hydrogens is 316 g/mol. The van der Waals surface area contributed by atoms with Crippen molar-refractivity contribution in [3.8, 4) is 0 Å². The molecule has 23 heavy (non-hydrogen) atoms. The Labute approximate surface area is 145 Å². The number of hydrogen-bond acceptors (Lipinski definition) is 4. The second-order valence-corrected chi connectivity index (χ2v) is 6.44. The van der Waals surface area contributed by atoms with Crippen molar-refractivity contribution in [3.63, 3.8) is 0 Å². The van der Waals surface area contributed by atoms with Crippen LogP contribution in [0.4, 0.5) is 0 Å². The first-order valence-corrected chi connectivity index (χ1v) is 8.66. The molecule has 1 atom stereocenters. The fourth-order valence-electron chi connectivity index (χ4n) is 3.23. The van der Waals surface area contributed by atoms with Crippen LogP contribution in [0.15, 0.2) is 0 Å². The second-order valence-electron chi connectivity index (χ2n) is 6.44. The van der Waals surface area contributed by atoms with E-state index in [4.69, 9.17) is 5.73 Å². The highest BCUT2D eigenvalue weighted by Crippen LogP contribution is 2.11. The summed E-state index contributed by atoms with van der Waals surface area (Å²) in [5.41, 5.74) is 5.91. The summed E-state index contributed by atoms with van der Waals surface area (Å²) in [5, 5.41) is 0. The van der Waals surface area contributed by atoms with Gasteiger partial charge in [-0.05, 0) is 25.7 Å². The average molecular weight is 347 g/mol. The molecule has 0 aromatic heterocycles. The van der Waals surface area contributed by atoms with Gasteiger partial charge in [-0.15, -0.1) is 12.4 Å². The van der Waals surface area contributed by atoms with E-state index < -0.39 is 0 Å². The summed E-state index contributed by atoms with van der Waals surface area (Å²) < 4.78 is 0. The standard InChI is InChI=1S/C16H30N4O2.ClH/c1-2-6-14(17)16(22)20-11-9-18(10-12-20)13-15(21)19-7-4-3-5-8-19;/h14H,2-13,17H2,1H3;1H. The first-order chi connectivity index (χ1) is 10.6. The molecule has 134 valence electrons. The van der Waals surface area contributed by atoms with Crippen molar-refractivity contribution in [2.75, 3.05) is 45.8 Å². The van der Waals surface area contributed by atoms with Gasteiger partial charge in [0.2, 0.25) is 11.8 Å². The Balaban J connectivity index is 0.00000264. The Hall–Kier alpha value is -0.850. The maximum Gasteiger partial charge on any atom is 0.239 e. The van der Waals surface area contributed by atoms with E-state index in [9.17, 15) is 9.59 Å². The lowest BCUT2D eigenvalue weighted by atomic mass is 10.1. The van der Waals surface area contributed by atoms with Gasteiger partial charge in [0.15, 0.2) is 0 Å². The molecule has 2 saturated heterocycles. The molecule has 0 aromatic rings. The van der Waals surface area contributed by atoms with E-state index in [-0.39, 0.29) is 30.3 Å². The zero-order valence-electron chi connectivity index (χ0n) is 14.2. The monoisotopic (exact) mass is 346 g/mol. The van der Waals surface area contributed by atoms with Crippen molar-refractivity contribution in [3.05, 3.63) is 0 Å². The van der Waals surface area contributed by atoms with Crippen LogP contribution in [0, 0.1) is 0 Å². The smallest absolute Gasteiger partial charge is 0.239 e. The Bertz CT molecular complexity index is 380. The van der Waals surface area contributed by atoms with Crippen LogP contribution in [0.5, 0.6) is 0 Å². The molecule has 2 heterocycles. The SMILES string of the molecule is CCCC(N)C(=O)N1CCN(CC(=O)N2CCCCC2)CC1.Cl. The van der Waals surface area contributed by atoms with E-state index in [2.05, 4.69) is 4.90 Å². The lowest BCUT2D eigenvalue weighted by Crippen LogP contribution is -2.54. The number of amides is 2. The molecule has 2 N–H and O–H groups in total. The highest BCUT2D eigenvalue weighted by atomic mass is 35.5. The number of nitrogens with two attached hydrogens (primary N) is 1. The van der Waals surface area contributed by atoms with Gasteiger partial charge in [0.1, 0.15) is 0 Å². The number of halogens is 1. The van der Waals surface area contributed by atoms with Crippen LogP contribution < -0.4 is 5.73 Å². The number of likely N-dealkylation sites (tertiary alicyclic amines) is 1. The molecule has 0 aliphatic carbocycles. The number of rotatable bonds is 5. The van der Waals surface area contributed by atoms with Gasteiger partial charge in [-0.1, -0.05) is 13.3 Å². The van der Waals surface area contributed by atoms with Gasteiger partial charge in [-0.2, -0.15) is 0 Å². The number of carbonyl (C=O) groups is 2. The fourth-order valence-corrected chi connectivity index (χ4v) is 3.23. The van der Waals surface area contributed by atoms with Crippen LogP contribution >= 0.6 is 12.4 Å². The molecule has 2 aliphatic heterocycles. The summed E-state index contributed by atoms with van der Waals surface area (Å²) in [6, 6.07) is -0.369. The molecule has 2 fully saturated rings. The predicted molar refractivity (Wildman–Crippen MR) is 93.6 cm³/mol. The molecule has 7 heteroatoms. The van der Waals surface area contributed by atoms with Gasteiger partial charge in [-0.25, -0.2) is 0 Å². The summed E-state index contributed by atoms with van der Waals surface area (Å²) in [6.07, 6.45) is 5.17. The number of carbonyl (C=O) groups excluding carboxylic acids is 2. The minimum absolute atomic E-state index is 0. The first kappa shape index (κ1) is 20.2. The van der Waals surface area contributed by atoms with Crippen molar-refractivity contribution in [2.24, 2.45) is 5.73 Å². The van der Waals surface area contributed by atoms with E-state index in [1.807, 2.05) is 16.7 Å². The third kappa shape index (κ3) is 5.94. The zero-order chi connectivity index (χ0) is 15.9. The van der Waals surface area contributed by atoms with E-state index >= 15 is 0 Å². The molecule has 0 saturated carbocycles. The Kier molecular flexibility index (Phi) is 8.87. The molecule has 0 spiro atoms. The number of hydrogen-bond donors (Lipinski definition) is 1. The van der Waals surface area contributed by atoms with E-state index in [1.54, 1.807) is 0 Å². The van der Waals surface area contributed by atoms with Crippen LogP contribution in [0.2, 0.25) is 0 Å². The minimum atomic E-state index is -0.369. The molecule has 0 aromatic carbocycles. The average Bonchev–Trinajstić information content (AvgIpc) is 2.56. The predicted octanol–water partition coefficient (Wildman–Crippen LogP) is 0.692. The van der Waals surface area contributed by atoms with Crippen molar-refractivity contribution < 1.29 is 9.59 Å². The second kappa shape index (κ2) is 10.1. The zero-order valence-corrected chi connectivity index (χ0v) is 15.0. The molecule has 2 rings (SSSR count). The normalized spacial score (nSPS) is 20.8. The van der Waals surface area contributed by atoms with Crippen molar-refractivity contribution in [2.45, 2.75) is 45.1 Å².